The summed E-state index contributed by atoms with van der Waals surface area (Å²) < 4.78 is 37.5. The van der Waals surface area contributed by atoms with E-state index in [1.807, 2.05) is 12.1 Å². The minimum atomic E-state index is -0.352. The fraction of sp³-hybridized carbons (Fsp3) is 0.174. The van der Waals surface area contributed by atoms with E-state index in [0.29, 0.717) is 11.4 Å². The van der Waals surface area contributed by atoms with E-state index in [1.54, 1.807) is 12.1 Å². The third-order valence-electron chi connectivity index (χ3n) is 19.4. The van der Waals surface area contributed by atoms with Crippen molar-refractivity contribution in [3.63, 3.8) is 0 Å². The lowest BCUT2D eigenvalue weighted by molar-refractivity contribution is 0.590. The topological polar surface area (TPSA) is 6.48 Å². The van der Waals surface area contributed by atoms with Gasteiger partial charge in [0.05, 0.1) is 22.7 Å². The molecule has 14 rings (SSSR count). The van der Waals surface area contributed by atoms with E-state index in [0.717, 1.165) is 122 Å². The highest BCUT2D eigenvalue weighted by Gasteiger charge is 2.30. The molecule has 0 bridgehead atoms. The normalized spacial score (nSPS) is 12.3. The Morgan fingerprint density at radius 2 is 0.500 bits per heavy atom. The van der Waals surface area contributed by atoms with Crippen molar-refractivity contribution in [2.45, 2.75) is 105 Å². The standard InChI is InChI=1S/C92H82F2N2/c1-89(2,3)71-39-23-63(24-40-71)69-55-79(65-27-43-73(44-28-65)91(7,8)9)87(81(93)57-69)95(75-47-31-61(32-48-75)59-19-15-13-16-20-59)83-53-37-67-36-52-78-84(54-38-68-35-51-77(83)85(67)86(68)78)96(76-49-33-62(34-50-76)60-21-17-14-18-22-60)88-80(66-29-45-74(46-30-66)92(10,11)12)56-70(58-82(88)94)64-25-41-72(42-26-64)90(4,5)6/h13-58H,1-12H3. The molecule has 14 aromatic carbocycles. The first-order valence-electron chi connectivity index (χ1n) is 33.7. The molecule has 0 saturated heterocycles. The molecule has 0 N–H and O–H groups in total. The van der Waals surface area contributed by atoms with Crippen molar-refractivity contribution in [1.29, 1.82) is 0 Å². The maximum absolute atomic E-state index is 18.7. The van der Waals surface area contributed by atoms with Crippen LogP contribution >= 0.6 is 0 Å². The van der Waals surface area contributed by atoms with E-state index in [-0.39, 0.29) is 33.3 Å². The van der Waals surface area contributed by atoms with Gasteiger partial charge in [-0.05, 0) is 182 Å². The molecule has 96 heavy (non-hydrogen) atoms. The summed E-state index contributed by atoms with van der Waals surface area (Å²) in [4.78, 5) is 4.28. The second kappa shape index (κ2) is 24.4. The fourth-order valence-electron chi connectivity index (χ4n) is 13.9. The van der Waals surface area contributed by atoms with Crippen LogP contribution in [0, 0.1) is 11.6 Å². The first-order chi connectivity index (χ1) is 45.9. The Morgan fingerprint density at radius 3 is 0.802 bits per heavy atom. The van der Waals surface area contributed by atoms with E-state index in [4.69, 9.17) is 0 Å². The second-order valence-electron chi connectivity index (χ2n) is 30.1. The van der Waals surface area contributed by atoms with Gasteiger partial charge in [-0.2, -0.15) is 0 Å². The zero-order valence-electron chi connectivity index (χ0n) is 57.2. The zero-order valence-corrected chi connectivity index (χ0v) is 57.2. The summed E-state index contributed by atoms with van der Waals surface area (Å²) in [6, 6.07) is 97.6. The van der Waals surface area contributed by atoms with Gasteiger partial charge >= 0.3 is 0 Å². The Balaban J connectivity index is 1.02. The van der Waals surface area contributed by atoms with Crippen LogP contribution in [0.4, 0.5) is 42.9 Å². The lowest BCUT2D eigenvalue weighted by atomic mass is 9.85. The maximum atomic E-state index is 18.7. The molecule has 0 aliphatic heterocycles. The van der Waals surface area contributed by atoms with Crippen LogP contribution in [-0.2, 0) is 21.7 Å². The number of benzene rings is 14. The van der Waals surface area contributed by atoms with Crippen molar-refractivity contribution >= 4 is 66.4 Å². The van der Waals surface area contributed by atoms with Crippen LogP contribution in [0.2, 0.25) is 0 Å². The van der Waals surface area contributed by atoms with Gasteiger partial charge in [0.15, 0.2) is 0 Å². The SMILES string of the molecule is CC(C)(C)c1ccc(-c2cc(F)c(N(c3ccc(-c4ccccc4)cc3)c3ccc4ccc5c(N(c6ccc(-c7ccccc7)cc6)c6c(F)cc(-c7ccc(C(C)(C)C)cc7)cc6-c6ccc(C(C)(C)C)cc6)ccc6ccc3c4c65)c(-c3ccc(C(C)(C)C)cc3)c2)cc1. The minimum Gasteiger partial charge on any atom is -0.307 e. The molecule has 0 radical (unpaired) electrons. The first kappa shape index (κ1) is 63.0. The average molecular weight is 1250 g/mol. The summed E-state index contributed by atoms with van der Waals surface area (Å²) in [6.45, 7) is 26.6. The van der Waals surface area contributed by atoms with Crippen molar-refractivity contribution in [2.24, 2.45) is 0 Å². The average Bonchev–Trinajstić information content (AvgIpc) is 0.719. The summed E-state index contributed by atoms with van der Waals surface area (Å²) in [6.07, 6.45) is 0. The second-order valence-corrected chi connectivity index (χ2v) is 30.1. The molecule has 0 amide bonds. The minimum absolute atomic E-state index is 0.0474. The molecule has 0 atom stereocenters. The molecule has 0 aromatic heterocycles. The van der Waals surface area contributed by atoms with Crippen LogP contribution in [0.3, 0.4) is 0 Å². The summed E-state index contributed by atoms with van der Waals surface area (Å²) in [7, 11) is 0. The highest BCUT2D eigenvalue weighted by Crippen LogP contribution is 2.53. The molecule has 0 aliphatic carbocycles. The molecule has 14 aromatic rings. The quantitative estimate of drug-likeness (QED) is 0.113. The number of rotatable bonds is 12. The van der Waals surface area contributed by atoms with Gasteiger partial charge in [0.2, 0.25) is 0 Å². The van der Waals surface area contributed by atoms with Gasteiger partial charge in [0.1, 0.15) is 11.6 Å². The highest BCUT2D eigenvalue weighted by atomic mass is 19.1. The van der Waals surface area contributed by atoms with Gasteiger partial charge in [0.25, 0.3) is 0 Å². The van der Waals surface area contributed by atoms with E-state index in [2.05, 4.69) is 348 Å². The molecule has 0 saturated carbocycles. The van der Waals surface area contributed by atoms with Crippen LogP contribution in [0.1, 0.15) is 105 Å². The number of anilines is 6. The molecular weight excluding hydrogens is 1170 g/mol. The molecule has 0 aliphatic rings. The van der Waals surface area contributed by atoms with E-state index < -0.39 is 0 Å². The number of hydrogen-bond donors (Lipinski definition) is 0. The Morgan fingerprint density at radius 1 is 0.240 bits per heavy atom. The molecule has 0 heterocycles. The summed E-state index contributed by atoms with van der Waals surface area (Å²) in [5.74, 6) is -0.703. The van der Waals surface area contributed by atoms with Gasteiger partial charge in [-0.3, -0.25) is 0 Å². The summed E-state index contributed by atoms with van der Waals surface area (Å²) in [5, 5.41) is 5.99. The molecule has 474 valence electrons. The fourth-order valence-corrected chi connectivity index (χ4v) is 13.9. The molecule has 4 heteroatoms. The lowest BCUT2D eigenvalue weighted by Crippen LogP contribution is -2.15. The Hall–Kier alpha value is -10.4. The molecule has 0 spiro atoms. The largest absolute Gasteiger partial charge is 0.307 e. The monoisotopic (exact) mass is 1250 g/mol. The molecule has 0 fully saturated rings. The molecule has 0 unspecified atom stereocenters. The Labute approximate surface area is 566 Å². The van der Waals surface area contributed by atoms with Crippen molar-refractivity contribution in [3.05, 3.63) is 313 Å². The van der Waals surface area contributed by atoms with Gasteiger partial charge in [-0.1, -0.05) is 301 Å². The van der Waals surface area contributed by atoms with Crippen LogP contribution < -0.4 is 9.80 Å². The van der Waals surface area contributed by atoms with Crippen molar-refractivity contribution in [2.75, 3.05) is 9.80 Å². The van der Waals surface area contributed by atoms with Crippen LogP contribution in [0.25, 0.3) is 99.1 Å². The summed E-state index contributed by atoms with van der Waals surface area (Å²) >= 11 is 0. The van der Waals surface area contributed by atoms with Crippen molar-refractivity contribution in [1.82, 2.24) is 0 Å². The van der Waals surface area contributed by atoms with Crippen LogP contribution in [0.15, 0.2) is 279 Å². The van der Waals surface area contributed by atoms with E-state index in [9.17, 15) is 0 Å². The van der Waals surface area contributed by atoms with Crippen molar-refractivity contribution < 1.29 is 8.78 Å². The smallest absolute Gasteiger partial charge is 0.148 e. The number of halogens is 2. The zero-order chi connectivity index (χ0) is 67.0. The maximum Gasteiger partial charge on any atom is 0.148 e. The van der Waals surface area contributed by atoms with Crippen molar-refractivity contribution in [3.8, 4) is 66.8 Å². The predicted octanol–water partition coefficient (Wildman–Crippen LogP) is 27.0. The molecule has 2 nitrogen and oxygen atoms in total. The third-order valence-corrected chi connectivity index (χ3v) is 19.4. The number of nitrogens with zero attached hydrogens (tertiary/aromatic N) is 2. The first-order valence-corrected chi connectivity index (χ1v) is 33.7. The highest BCUT2D eigenvalue weighted by molar-refractivity contribution is 6.28. The van der Waals surface area contributed by atoms with Crippen LogP contribution in [-0.4, -0.2) is 0 Å². The Bertz CT molecular complexity index is 4810. The van der Waals surface area contributed by atoms with Gasteiger partial charge < -0.3 is 9.80 Å². The van der Waals surface area contributed by atoms with Gasteiger partial charge in [-0.25, -0.2) is 8.78 Å². The van der Waals surface area contributed by atoms with Gasteiger partial charge in [-0.15, -0.1) is 0 Å². The number of hydrogen-bond acceptors (Lipinski definition) is 2. The third kappa shape index (κ3) is 12.0. The van der Waals surface area contributed by atoms with E-state index in [1.165, 1.54) is 22.3 Å². The lowest BCUT2D eigenvalue weighted by Gasteiger charge is -2.32. The Kier molecular flexibility index (Phi) is 16.0. The predicted molar refractivity (Wildman–Crippen MR) is 407 cm³/mol. The van der Waals surface area contributed by atoms with Gasteiger partial charge in [0, 0.05) is 33.3 Å². The van der Waals surface area contributed by atoms with E-state index >= 15 is 8.78 Å². The molecular formula is C92H82F2N2. The summed E-state index contributed by atoms with van der Waals surface area (Å²) in [5.41, 5.74) is 19.7. The van der Waals surface area contributed by atoms with Crippen LogP contribution in [0.5, 0.6) is 0 Å².